The average molecular weight is 491 g/mol. The van der Waals surface area contributed by atoms with Gasteiger partial charge in [0.2, 0.25) is 0 Å². The Kier molecular flexibility index (Phi) is 5.89. The number of ether oxygens (including phenoxy) is 2. The molecule has 162 valence electrons. The third-order valence-electron chi connectivity index (χ3n) is 7.84. The number of benzene rings is 1. The molecule has 4 saturated carbocycles. The zero-order valence-electron chi connectivity index (χ0n) is 18.0. The summed E-state index contributed by atoms with van der Waals surface area (Å²) in [7, 11) is 1.72. The summed E-state index contributed by atoms with van der Waals surface area (Å²) in [6.45, 7) is 3.86. The van der Waals surface area contributed by atoms with Crippen LogP contribution in [0, 0.1) is 23.2 Å². The van der Waals surface area contributed by atoms with Crippen molar-refractivity contribution in [3.63, 3.8) is 0 Å². The minimum atomic E-state index is 0.528. The molecule has 3 nitrogen and oxygen atoms in total. The molecule has 2 aromatic rings. The maximum absolute atomic E-state index is 6.07. The number of rotatable bonds is 8. The Morgan fingerprint density at radius 3 is 2.47 bits per heavy atom. The highest BCUT2D eigenvalue weighted by Gasteiger charge is 2.52. The molecule has 4 aliphatic carbocycles. The Balaban J connectivity index is 1.25. The molecule has 4 fully saturated rings. The predicted octanol–water partition coefficient (Wildman–Crippen LogP) is 6.79. The van der Waals surface area contributed by atoms with E-state index in [2.05, 4.69) is 57.8 Å². The van der Waals surface area contributed by atoms with Crippen LogP contribution < -0.4 is 14.8 Å². The average Bonchev–Trinajstić information content (AvgIpc) is 3.23. The Bertz CT molecular complexity index is 846. The van der Waals surface area contributed by atoms with E-state index in [1.54, 1.807) is 18.4 Å². The van der Waals surface area contributed by atoms with Crippen LogP contribution in [0.15, 0.2) is 34.1 Å². The van der Waals surface area contributed by atoms with Gasteiger partial charge in [-0.25, -0.2) is 0 Å². The summed E-state index contributed by atoms with van der Waals surface area (Å²) < 4.78 is 12.7. The monoisotopic (exact) mass is 489 g/mol. The molecule has 0 aliphatic heterocycles. The Hall–Kier alpha value is -1.04. The molecule has 0 amide bonds. The van der Waals surface area contributed by atoms with Gasteiger partial charge in [0.1, 0.15) is 6.61 Å². The van der Waals surface area contributed by atoms with Crippen LogP contribution in [-0.4, -0.2) is 13.2 Å². The Morgan fingerprint density at radius 2 is 1.87 bits per heavy atom. The second kappa shape index (κ2) is 8.48. The maximum atomic E-state index is 6.07. The molecule has 1 heterocycles. The smallest absolute Gasteiger partial charge is 0.175 e. The number of nitrogens with one attached hydrogen (secondary N) is 1. The molecule has 1 aromatic heterocycles. The molecular weight excluding hydrogens is 458 g/mol. The lowest BCUT2D eigenvalue weighted by Gasteiger charge is -2.59. The molecule has 5 heteroatoms. The van der Waals surface area contributed by atoms with Gasteiger partial charge in [-0.15, -0.1) is 11.3 Å². The fourth-order valence-electron chi connectivity index (χ4n) is 6.75. The minimum Gasteiger partial charge on any atom is -0.493 e. The van der Waals surface area contributed by atoms with E-state index in [-0.39, 0.29) is 0 Å². The van der Waals surface area contributed by atoms with Gasteiger partial charge in [-0.05, 0) is 114 Å². The minimum absolute atomic E-state index is 0.528. The lowest BCUT2D eigenvalue weighted by atomic mass is 9.48. The van der Waals surface area contributed by atoms with Crippen LogP contribution in [0.2, 0.25) is 0 Å². The number of halogens is 1. The summed E-state index contributed by atoms with van der Waals surface area (Å²) in [6.07, 6.45) is 8.83. The summed E-state index contributed by atoms with van der Waals surface area (Å²) in [5, 5.41) is 5.97. The first kappa shape index (κ1) is 20.8. The van der Waals surface area contributed by atoms with Gasteiger partial charge in [-0.1, -0.05) is 6.07 Å². The summed E-state index contributed by atoms with van der Waals surface area (Å²) in [5.41, 5.74) is 1.76. The van der Waals surface area contributed by atoms with Gasteiger partial charge in [-0.3, -0.25) is 0 Å². The quantitative estimate of drug-likeness (QED) is 0.442. The number of methoxy groups -OCH3 is 1. The van der Waals surface area contributed by atoms with Gasteiger partial charge in [0.05, 0.1) is 11.6 Å². The van der Waals surface area contributed by atoms with E-state index >= 15 is 0 Å². The van der Waals surface area contributed by atoms with Crippen LogP contribution in [-0.2, 0) is 13.2 Å². The molecule has 1 atom stereocenters. The molecular formula is C25H32BrNO2S. The largest absolute Gasteiger partial charge is 0.493 e. The normalized spacial score (nSPS) is 30.4. The maximum Gasteiger partial charge on any atom is 0.175 e. The molecule has 4 aliphatic rings. The van der Waals surface area contributed by atoms with Crippen LogP contribution in [0.4, 0.5) is 0 Å². The van der Waals surface area contributed by atoms with Crippen LogP contribution in [0.1, 0.15) is 55.9 Å². The van der Waals surface area contributed by atoms with Crippen molar-refractivity contribution in [2.45, 2.75) is 64.6 Å². The topological polar surface area (TPSA) is 30.5 Å². The third-order valence-corrected chi connectivity index (χ3v) is 9.28. The first-order valence-corrected chi connectivity index (χ1v) is 13.0. The van der Waals surface area contributed by atoms with E-state index in [4.69, 9.17) is 9.47 Å². The summed E-state index contributed by atoms with van der Waals surface area (Å²) in [4.78, 5) is 1.21. The second-order valence-corrected chi connectivity index (χ2v) is 11.7. The zero-order valence-corrected chi connectivity index (χ0v) is 20.4. The number of hydrogen-bond donors (Lipinski definition) is 1. The van der Waals surface area contributed by atoms with Crippen LogP contribution in [0.5, 0.6) is 11.5 Å². The highest BCUT2D eigenvalue weighted by Crippen LogP contribution is 2.61. The van der Waals surface area contributed by atoms with Crippen LogP contribution in [0.3, 0.4) is 0 Å². The van der Waals surface area contributed by atoms with E-state index in [1.807, 2.05) is 0 Å². The first-order chi connectivity index (χ1) is 14.5. The lowest BCUT2D eigenvalue weighted by Crippen LogP contribution is -2.54. The van der Waals surface area contributed by atoms with Crippen LogP contribution >= 0.6 is 27.3 Å². The fourth-order valence-corrected chi connectivity index (χ4v) is 7.97. The van der Waals surface area contributed by atoms with Crippen LogP contribution in [0.25, 0.3) is 0 Å². The molecule has 0 spiro atoms. The molecule has 0 saturated heterocycles. The van der Waals surface area contributed by atoms with Gasteiger partial charge < -0.3 is 14.8 Å². The van der Waals surface area contributed by atoms with Crippen molar-refractivity contribution in [3.8, 4) is 11.5 Å². The molecule has 0 unspecified atom stereocenters. The number of hydrogen-bond acceptors (Lipinski definition) is 4. The summed E-state index contributed by atoms with van der Waals surface area (Å²) in [6, 6.07) is 9.00. The Morgan fingerprint density at radius 1 is 1.17 bits per heavy atom. The van der Waals surface area contributed by atoms with E-state index in [1.165, 1.54) is 49.0 Å². The van der Waals surface area contributed by atoms with Gasteiger partial charge in [0.25, 0.3) is 0 Å². The van der Waals surface area contributed by atoms with E-state index in [0.717, 1.165) is 40.3 Å². The molecule has 4 bridgehead atoms. The molecule has 6 rings (SSSR count). The zero-order chi connectivity index (χ0) is 20.7. The third kappa shape index (κ3) is 4.05. The second-order valence-electron chi connectivity index (χ2n) is 9.86. The predicted molar refractivity (Wildman–Crippen MR) is 126 cm³/mol. The van der Waals surface area contributed by atoms with E-state index in [0.29, 0.717) is 18.1 Å². The summed E-state index contributed by atoms with van der Waals surface area (Å²) in [5.74, 6) is 4.56. The highest BCUT2D eigenvalue weighted by atomic mass is 79.9. The first-order valence-electron chi connectivity index (χ1n) is 11.3. The van der Waals surface area contributed by atoms with Crippen molar-refractivity contribution in [3.05, 3.63) is 44.6 Å². The lowest BCUT2D eigenvalue weighted by molar-refractivity contribution is -0.0706. The van der Waals surface area contributed by atoms with Gasteiger partial charge >= 0.3 is 0 Å². The molecule has 30 heavy (non-hydrogen) atoms. The van der Waals surface area contributed by atoms with Crippen molar-refractivity contribution in [1.29, 1.82) is 0 Å². The molecule has 1 N–H and O–H groups in total. The van der Waals surface area contributed by atoms with E-state index in [9.17, 15) is 0 Å². The highest BCUT2D eigenvalue weighted by molar-refractivity contribution is 9.10. The standard InChI is InChI=1S/C25H32BrNO2S/c1-16(25-11-17-6-18(12-25)8-19(7-17)13-25)27-14-20-9-22(26)24(23(10-20)28-2)29-15-21-4-3-5-30-21/h3-5,9-10,16-19,27H,6-8,11-15H2,1-2H3/t16-,17?,18?,19?,25?/m1/s1. The van der Waals surface area contributed by atoms with Crippen molar-refractivity contribution < 1.29 is 9.47 Å². The molecule has 0 radical (unpaired) electrons. The molecule has 1 aromatic carbocycles. The van der Waals surface area contributed by atoms with Crippen molar-refractivity contribution in [2.75, 3.05) is 7.11 Å². The van der Waals surface area contributed by atoms with Crippen molar-refractivity contribution in [2.24, 2.45) is 23.2 Å². The van der Waals surface area contributed by atoms with E-state index < -0.39 is 0 Å². The Labute approximate surface area is 192 Å². The SMILES string of the molecule is COc1cc(CN[C@H](C)C23CC4CC(CC(C4)C2)C3)cc(Br)c1OCc1cccs1. The fraction of sp³-hybridized carbons (Fsp3) is 0.600. The van der Waals surface area contributed by atoms with Gasteiger partial charge in [0.15, 0.2) is 11.5 Å². The van der Waals surface area contributed by atoms with Crippen molar-refractivity contribution in [1.82, 2.24) is 5.32 Å². The van der Waals surface area contributed by atoms with Gasteiger partial charge in [0, 0.05) is 17.5 Å². The number of thiophene rings is 1. The summed E-state index contributed by atoms with van der Waals surface area (Å²) >= 11 is 5.42. The van der Waals surface area contributed by atoms with Gasteiger partial charge in [-0.2, -0.15) is 0 Å². The van der Waals surface area contributed by atoms with Crippen molar-refractivity contribution >= 4 is 27.3 Å².